The normalized spacial score (nSPS) is 11.3. The molecule has 0 saturated heterocycles. The van der Waals surface area contributed by atoms with Crippen LogP contribution in [0.1, 0.15) is 41.4 Å². The minimum atomic E-state index is 0.507. The van der Waals surface area contributed by atoms with Gasteiger partial charge in [-0.15, -0.1) is 10.2 Å². The van der Waals surface area contributed by atoms with Gasteiger partial charge in [-0.05, 0) is 54.3 Å². The van der Waals surface area contributed by atoms with E-state index in [-0.39, 0.29) is 0 Å². The van der Waals surface area contributed by atoms with Crippen molar-refractivity contribution in [3.63, 3.8) is 0 Å². The molecule has 0 bridgehead atoms. The Labute approximate surface area is 209 Å². The summed E-state index contributed by atoms with van der Waals surface area (Å²) in [5, 5.41) is 15.0. The summed E-state index contributed by atoms with van der Waals surface area (Å²) >= 11 is 7.61. The Morgan fingerprint density at radius 1 is 1.00 bits per heavy atom. The average molecular weight is 491 g/mol. The van der Waals surface area contributed by atoms with Crippen LogP contribution in [-0.2, 0) is 18.8 Å². The molecule has 0 saturated carbocycles. The third kappa shape index (κ3) is 6.27. The highest BCUT2D eigenvalue weighted by Gasteiger charge is 2.12. The van der Waals surface area contributed by atoms with Crippen LogP contribution in [0.15, 0.2) is 83.1 Å². The average Bonchev–Trinajstić information content (AvgIpc) is 3.24. The summed E-state index contributed by atoms with van der Waals surface area (Å²) in [6.07, 6.45) is 3.59. The summed E-state index contributed by atoms with van der Waals surface area (Å²) in [5.74, 6) is 2.39. The van der Waals surface area contributed by atoms with Crippen LogP contribution in [0.3, 0.4) is 0 Å². The molecule has 0 amide bonds. The van der Waals surface area contributed by atoms with Crippen LogP contribution in [0.4, 0.5) is 0 Å². The maximum Gasteiger partial charge on any atom is 0.212 e. The van der Waals surface area contributed by atoms with E-state index in [1.54, 1.807) is 11.8 Å². The molecule has 174 valence electrons. The molecule has 4 aromatic rings. The van der Waals surface area contributed by atoms with Crippen LogP contribution < -0.4 is 4.74 Å². The monoisotopic (exact) mass is 490 g/mol. The van der Waals surface area contributed by atoms with Crippen molar-refractivity contribution in [1.82, 2.24) is 14.9 Å². The van der Waals surface area contributed by atoms with E-state index in [9.17, 15) is 0 Å². The third-order valence-electron chi connectivity index (χ3n) is 5.31. The van der Waals surface area contributed by atoms with Gasteiger partial charge in [-0.3, -0.25) is 0 Å². The second-order valence-corrected chi connectivity index (χ2v) is 9.25. The fraction of sp³-hybridized carbons (Fsp3) is 0.222. The molecule has 0 fully saturated rings. The molecule has 5 nitrogen and oxygen atoms in total. The van der Waals surface area contributed by atoms with Crippen molar-refractivity contribution >= 4 is 29.6 Å². The molecule has 0 unspecified atom stereocenters. The van der Waals surface area contributed by atoms with Gasteiger partial charge in [0.15, 0.2) is 5.82 Å². The zero-order chi connectivity index (χ0) is 23.8. The fourth-order valence-electron chi connectivity index (χ4n) is 3.38. The zero-order valence-corrected chi connectivity index (χ0v) is 20.9. The van der Waals surface area contributed by atoms with Crippen molar-refractivity contribution in [2.75, 3.05) is 0 Å². The van der Waals surface area contributed by atoms with Crippen molar-refractivity contribution in [3.8, 4) is 5.75 Å². The molecule has 1 heterocycles. The number of aromatic nitrogens is 3. The smallest absolute Gasteiger partial charge is 0.212 e. The molecular weight excluding hydrogens is 464 g/mol. The number of nitrogens with zero attached hydrogens (tertiary/aromatic N) is 4. The van der Waals surface area contributed by atoms with E-state index in [1.807, 2.05) is 71.6 Å². The molecule has 0 aliphatic carbocycles. The van der Waals surface area contributed by atoms with Crippen LogP contribution in [0, 0.1) is 6.92 Å². The molecule has 0 N–H and O–H groups in total. The molecular formula is C27H27ClN4OS. The summed E-state index contributed by atoms with van der Waals surface area (Å²) in [4.78, 5) is 0. The lowest BCUT2D eigenvalue weighted by Gasteiger charge is -2.11. The zero-order valence-electron chi connectivity index (χ0n) is 19.3. The number of hydrogen-bond acceptors (Lipinski definition) is 5. The molecule has 0 aliphatic rings. The van der Waals surface area contributed by atoms with Crippen LogP contribution in [0.2, 0.25) is 5.02 Å². The summed E-state index contributed by atoms with van der Waals surface area (Å²) < 4.78 is 7.98. The molecule has 0 radical (unpaired) electrons. The first-order valence-electron chi connectivity index (χ1n) is 11.3. The third-order valence-corrected chi connectivity index (χ3v) is 6.55. The van der Waals surface area contributed by atoms with Gasteiger partial charge in [0.2, 0.25) is 5.16 Å². The Kier molecular flexibility index (Phi) is 8.39. The van der Waals surface area contributed by atoms with Gasteiger partial charge in [0.05, 0.1) is 6.21 Å². The summed E-state index contributed by atoms with van der Waals surface area (Å²) in [5.41, 5.74) is 4.45. The van der Waals surface area contributed by atoms with Crippen LogP contribution >= 0.6 is 23.4 Å². The Hall–Kier alpha value is -3.09. The molecule has 3 aromatic carbocycles. The predicted molar refractivity (Wildman–Crippen MR) is 140 cm³/mol. The van der Waals surface area contributed by atoms with Crippen molar-refractivity contribution in [3.05, 3.63) is 106 Å². The predicted octanol–water partition coefficient (Wildman–Crippen LogP) is 6.95. The first-order valence-corrected chi connectivity index (χ1v) is 12.6. The van der Waals surface area contributed by atoms with Crippen LogP contribution in [0.5, 0.6) is 5.75 Å². The topological polar surface area (TPSA) is 52.3 Å². The van der Waals surface area contributed by atoms with Crippen LogP contribution in [-0.4, -0.2) is 21.1 Å². The van der Waals surface area contributed by atoms with Gasteiger partial charge in [-0.2, -0.15) is 9.78 Å². The van der Waals surface area contributed by atoms with Gasteiger partial charge in [-0.1, -0.05) is 78.8 Å². The van der Waals surface area contributed by atoms with Gasteiger partial charge >= 0.3 is 0 Å². The Balaban J connectivity index is 1.53. The molecule has 0 aliphatic heterocycles. The number of aryl methyl sites for hydroxylation is 2. The standard InChI is InChI=1S/C27H27ClN4OS/c1-3-8-26-30-31-27(34-19-21-13-15-24(28)16-14-21)32(26)29-17-22-10-6-7-12-25(22)33-18-23-11-5-4-9-20(23)2/h4-7,9-17H,3,8,18-19H2,1-2H3/b29-17+. The molecule has 0 spiro atoms. The van der Waals surface area contributed by atoms with Crippen molar-refractivity contribution < 1.29 is 4.74 Å². The van der Waals surface area contributed by atoms with Gasteiger partial charge in [0.25, 0.3) is 0 Å². The van der Waals surface area contributed by atoms with Crippen molar-refractivity contribution in [1.29, 1.82) is 0 Å². The van der Waals surface area contributed by atoms with Crippen molar-refractivity contribution in [2.45, 2.75) is 44.2 Å². The summed E-state index contributed by atoms with van der Waals surface area (Å²) in [6, 6.07) is 24.0. The number of halogens is 1. The Bertz CT molecular complexity index is 1250. The summed E-state index contributed by atoms with van der Waals surface area (Å²) in [7, 11) is 0. The SMILES string of the molecule is CCCc1nnc(SCc2ccc(Cl)cc2)n1/N=C/c1ccccc1OCc1ccccc1C. The second kappa shape index (κ2) is 11.9. The first-order chi connectivity index (χ1) is 16.6. The maximum atomic E-state index is 6.15. The van der Waals surface area contributed by atoms with Gasteiger partial charge in [0, 0.05) is 22.8 Å². The van der Waals surface area contributed by atoms with E-state index >= 15 is 0 Å². The lowest BCUT2D eigenvalue weighted by molar-refractivity contribution is 0.305. The van der Waals surface area contributed by atoms with Gasteiger partial charge < -0.3 is 4.74 Å². The molecule has 1 aromatic heterocycles. The van der Waals surface area contributed by atoms with E-state index in [4.69, 9.17) is 21.4 Å². The number of benzene rings is 3. The van der Waals surface area contributed by atoms with E-state index in [0.717, 1.165) is 45.9 Å². The molecule has 4 rings (SSSR count). The highest BCUT2D eigenvalue weighted by Crippen LogP contribution is 2.24. The molecule has 0 atom stereocenters. The number of hydrogen-bond donors (Lipinski definition) is 0. The minimum absolute atomic E-state index is 0.507. The number of thioether (sulfide) groups is 1. The molecule has 7 heteroatoms. The Morgan fingerprint density at radius 2 is 1.76 bits per heavy atom. The largest absolute Gasteiger partial charge is 0.488 e. The van der Waals surface area contributed by atoms with E-state index in [1.165, 1.54) is 16.7 Å². The van der Waals surface area contributed by atoms with Gasteiger partial charge in [-0.25, -0.2) is 0 Å². The summed E-state index contributed by atoms with van der Waals surface area (Å²) in [6.45, 7) is 4.72. The fourth-order valence-corrected chi connectivity index (χ4v) is 4.36. The minimum Gasteiger partial charge on any atom is -0.488 e. The first kappa shape index (κ1) is 24.0. The van der Waals surface area contributed by atoms with E-state index in [2.05, 4.69) is 36.2 Å². The van der Waals surface area contributed by atoms with Crippen LogP contribution in [0.25, 0.3) is 0 Å². The highest BCUT2D eigenvalue weighted by atomic mass is 35.5. The highest BCUT2D eigenvalue weighted by molar-refractivity contribution is 7.98. The number of rotatable bonds is 10. The number of ether oxygens (including phenoxy) is 1. The second-order valence-electron chi connectivity index (χ2n) is 7.87. The Morgan fingerprint density at radius 3 is 2.56 bits per heavy atom. The quantitative estimate of drug-likeness (QED) is 0.178. The lowest BCUT2D eigenvalue weighted by atomic mass is 10.1. The van der Waals surface area contributed by atoms with E-state index < -0.39 is 0 Å². The van der Waals surface area contributed by atoms with E-state index in [0.29, 0.717) is 6.61 Å². The molecule has 34 heavy (non-hydrogen) atoms. The lowest BCUT2D eigenvalue weighted by Crippen LogP contribution is -2.02. The maximum absolute atomic E-state index is 6.15. The number of para-hydroxylation sites is 1. The van der Waals surface area contributed by atoms with Crippen molar-refractivity contribution in [2.24, 2.45) is 5.10 Å². The van der Waals surface area contributed by atoms with Gasteiger partial charge in [0.1, 0.15) is 12.4 Å².